The van der Waals surface area contributed by atoms with Crippen molar-refractivity contribution in [2.45, 2.75) is 52.9 Å². The number of hydrogen-bond acceptors (Lipinski definition) is 4. The van der Waals surface area contributed by atoms with Crippen LogP contribution in [0.2, 0.25) is 0 Å². The Morgan fingerprint density at radius 2 is 1.75 bits per heavy atom. The van der Waals surface area contributed by atoms with Gasteiger partial charge in [0.15, 0.2) is 0 Å². The maximum absolute atomic E-state index is 12.6. The van der Waals surface area contributed by atoms with Crippen LogP contribution < -0.4 is 5.32 Å². The number of benzene rings is 1. The van der Waals surface area contributed by atoms with E-state index in [1.54, 1.807) is 6.08 Å². The number of thioether (sulfide) groups is 1. The lowest BCUT2D eigenvalue weighted by Crippen LogP contribution is -2.39. The van der Waals surface area contributed by atoms with Crippen molar-refractivity contribution in [2.75, 3.05) is 13.1 Å². The van der Waals surface area contributed by atoms with Gasteiger partial charge in [0.2, 0.25) is 5.91 Å². The minimum atomic E-state index is -0.299. The van der Waals surface area contributed by atoms with Crippen molar-refractivity contribution in [1.82, 2.24) is 10.2 Å². The minimum absolute atomic E-state index is 0.0218. The summed E-state index contributed by atoms with van der Waals surface area (Å²) in [4.78, 5) is 38.4. The van der Waals surface area contributed by atoms with Crippen LogP contribution in [0.3, 0.4) is 0 Å². The second-order valence-electron chi connectivity index (χ2n) is 8.01. The van der Waals surface area contributed by atoms with Gasteiger partial charge in [-0.2, -0.15) is 0 Å². The summed E-state index contributed by atoms with van der Waals surface area (Å²) < 4.78 is 0. The number of hydrogen-bond donors (Lipinski definition) is 1. The van der Waals surface area contributed by atoms with E-state index in [0.29, 0.717) is 4.91 Å². The highest BCUT2D eigenvalue weighted by Gasteiger charge is 2.34. The molecule has 0 aromatic heterocycles. The molecule has 0 atom stereocenters. The molecule has 0 spiro atoms. The molecule has 0 radical (unpaired) electrons. The fourth-order valence-electron chi connectivity index (χ4n) is 3.02. The van der Waals surface area contributed by atoms with Crippen LogP contribution in [0.4, 0.5) is 4.79 Å². The van der Waals surface area contributed by atoms with Crippen LogP contribution in [0, 0.1) is 5.92 Å². The lowest BCUT2D eigenvalue weighted by Gasteiger charge is -2.18. The highest BCUT2D eigenvalue weighted by Crippen LogP contribution is 2.32. The van der Waals surface area contributed by atoms with Crippen molar-refractivity contribution >= 4 is 34.9 Å². The maximum atomic E-state index is 12.6. The average molecular weight is 403 g/mol. The molecule has 1 aliphatic rings. The fourth-order valence-corrected chi connectivity index (χ4v) is 3.88. The van der Waals surface area contributed by atoms with E-state index in [9.17, 15) is 14.4 Å². The Bertz CT molecular complexity index is 759. The Morgan fingerprint density at radius 1 is 1.14 bits per heavy atom. The van der Waals surface area contributed by atoms with Gasteiger partial charge in [-0.15, -0.1) is 0 Å². The molecule has 1 aliphatic heterocycles. The van der Waals surface area contributed by atoms with Crippen molar-refractivity contribution in [3.8, 4) is 0 Å². The smallest absolute Gasteiger partial charge is 0.293 e. The van der Waals surface area contributed by atoms with Crippen molar-refractivity contribution in [3.63, 3.8) is 0 Å². The Morgan fingerprint density at radius 3 is 2.29 bits per heavy atom. The number of nitrogens with zero attached hydrogens (tertiary/aromatic N) is 1. The summed E-state index contributed by atoms with van der Waals surface area (Å²) in [6.07, 6.45) is 3.31. The van der Waals surface area contributed by atoms with Gasteiger partial charge in [-0.3, -0.25) is 19.3 Å². The Balaban J connectivity index is 1.99. The molecule has 1 N–H and O–H groups in total. The zero-order chi connectivity index (χ0) is 20.9. The Labute approximate surface area is 171 Å². The zero-order valence-electron chi connectivity index (χ0n) is 17.4. The predicted molar refractivity (Wildman–Crippen MR) is 115 cm³/mol. The van der Waals surface area contributed by atoms with Crippen molar-refractivity contribution in [1.29, 1.82) is 0 Å². The van der Waals surface area contributed by atoms with Crippen LogP contribution >= 0.6 is 11.8 Å². The predicted octanol–water partition coefficient (Wildman–Crippen LogP) is 4.57. The summed E-state index contributed by atoms with van der Waals surface area (Å²) >= 11 is 0.946. The van der Waals surface area contributed by atoms with Crippen LogP contribution in [0.15, 0.2) is 29.2 Å². The topological polar surface area (TPSA) is 66.5 Å². The van der Waals surface area contributed by atoms with Crippen LogP contribution in [0.1, 0.15) is 58.6 Å². The molecule has 2 rings (SSSR count). The number of carbonyl (C=O) groups is 3. The third kappa shape index (κ3) is 5.47. The second-order valence-corrected chi connectivity index (χ2v) is 9.00. The molecule has 1 fully saturated rings. The van der Waals surface area contributed by atoms with Crippen LogP contribution in [0.5, 0.6) is 0 Å². The molecule has 1 heterocycles. The molecular formula is C22H30N2O3S. The van der Waals surface area contributed by atoms with Crippen LogP contribution in [-0.2, 0) is 15.0 Å². The van der Waals surface area contributed by atoms with Gasteiger partial charge in [-0.1, -0.05) is 58.9 Å². The number of carbonyl (C=O) groups excluding carboxylic acids is 3. The van der Waals surface area contributed by atoms with Crippen LogP contribution in [0.25, 0.3) is 6.08 Å². The Kier molecular flexibility index (Phi) is 7.47. The van der Waals surface area contributed by atoms with E-state index in [4.69, 9.17) is 0 Å². The first-order valence-corrected chi connectivity index (χ1v) is 10.6. The van der Waals surface area contributed by atoms with E-state index in [1.165, 1.54) is 10.5 Å². The molecule has 5 nitrogen and oxygen atoms in total. The van der Waals surface area contributed by atoms with Crippen molar-refractivity contribution in [2.24, 2.45) is 5.92 Å². The standard InChI is InChI=1S/C22H30N2O3S/c1-6-16(7-2)19(25)23-12-13-24-20(26)18(28-21(24)27)14-15-8-10-17(11-9-15)22(3,4)5/h8-11,14,16H,6-7,12-13H2,1-5H3,(H,23,25)/b18-14-. The molecule has 1 aromatic carbocycles. The first kappa shape index (κ1) is 22.2. The molecule has 1 aromatic rings. The second kappa shape index (κ2) is 9.41. The summed E-state index contributed by atoms with van der Waals surface area (Å²) in [5.41, 5.74) is 2.17. The van der Waals surface area contributed by atoms with E-state index in [0.717, 1.165) is 30.2 Å². The van der Waals surface area contributed by atoms with E-state index < -0.39 is 0 Å². The van der Waals surface area contributed by atoms with Gasteiger partial charge < -0.3 is 5.32 Å². The molecule has 0 bridgehead atoms. The largest absolute Gasteiger partial charge is 0.354 e. The molecule has 1 saturated heterocycles. The number of imide groups is 1. The zero-order valence-corrected chi connectivity index (χ0v) is 18.2. The Hall–Kier alpha value is -2.08. The molecule has 0 saturated carbocycles. The molecule has 3 amide bonds. The SMILES string of the molecule is CCC(CC)C(=O)NCCN1C(=O)S/C(=C\c2ccc(C(C)(C)C)cc2)C1=O. The van der Waals surface area contributed by atoms with Crippen molar-refractivity contribution < 1.29 is 14.4 Å². The van der Waals surface area contributed by atoms with E-state index in [2.05, 4.69) is 26.1 Å². The van der Waals surface area contributed by atoms with Crippen molar-refractivity contribution in [3.05, 3.63) is 40.3 Å². The molecule has 152 valence electrons. The van der Waals surface area contributed by atoms with Gasteiger partial charge in [0.25, 0.3) is 11.1 Å². The number of amides is 3. The van der Waals surface area contributed by atoms with E-state index >= 15 is 0 Å². The minimum Gasteiger partial charge on any atom is -0.354 e. The first-order chi connectivity index (χ1) is 13.2. The lowest BCUT2D eigenvalue weighted by molar-refractivity contribution is -0.126. The van der Waals surface area contributed by atoms with Gasteiger partial charge in [-0.25, -0.2) is 0 Å². The maximum Gasteiger partial charge on any atom is 0.293 e. The molecule has 0 aliphatic carbocycles. The summed E-state index contributed by atoms with van der Waals surface area (Å²) in [6.45, 7) is 10.9. The molecule has 0 unspecified atom stereocenters. The fraction of sp³-hybridized carbons (Fsp3) is 0.500. The summed E-state index contributed by atoms with van der Waals surface area (Å²) in [5.74, 6) is -0.344. The monoisotopic (exact) mass is 402 g/mol. The average Bonchev–Trinajstić information content (AvgIpc) is 2.90. The molecule has 6 heteroatoms. The first-order valence-electron chi connectivity index (χ1n) is 9.81. The van der Waals surface area contributed by atoms with Gasteiger partial charge in [0, 0.05) is 19.0 Å². The highest BCUT2D eigenvalue weighted by atomic mass is 32.2. The molecular weight excluding hydrogens is 372 g/mol. The van der Waals surface area contributed by atoms with Gasteiger partial charge >= 0.3 is 0 Å². The number of nitrogens with one attached hydrogen (secondary N) is 1. The van der Waals surface area contributed by atoms with Crippen LogP contribution in [-0.4, -0.2) is 35.0 Å². The van der Waals surface area contributed by atoms with E-state index in [1.807, 2.05) is 38.1 Å². The lowest BCUT2D eigenvalue weighted by atomic mass is 9.87. The van der Waals surface area contributed by atoms with E-state index in [-0.39, 0.29) is 41.5 Å². The summed E-state index contributed by atoms with van der Waals surface area (Å²) in [7, 11) is 0. The van der Waals surface area contributed by atoms with Gasteiger partial charge in [0.1, 0.15) is 0 Å². The third-order valence-electron chi connectivity index (χ3n) is 4.94. The third-order valence-corrected chi connectivity index (χ3v) is 5.85. The normalized spacial score (nSPS) is 16.4. The summed E-state index contributed by atoms with van der Waals surface area (Å²) in [6, 6.07) is 8.02. The van der Waals surface area contributed by atoms with Gasteiger partial charge in [0.05, 0.1) is 4.91 Å². The quantitative estimate of drug-likeness (QED) is 0.678. The highest BCUT2D eigenvalue weighted by molar-refractivity contribution is 8.18. The molecule has 28 heavy (non-hydrogen) atoms. The summed E-state index contributed by atoms with van der Waals surface area (Å²) in [5, 5.41) is 2.53. The number of rotatable bonds is 7. The van der Waals surface area contributed by atoms with Gasteiger partial charge in [-0.05, 0) is 47.2 Å².